The van der Waals surface area contributed by atoms with Crippen molar-refractivity contribution in [2.45, 2.75) is 13.0 Å². The molecule has 1 unspecified atom stereocenters. The van der Waals surface area contributed by atoms with E-state index >= 15 is 0 Å². The lowest BCUT2D eigenvalue weighted by Gasteiger charge is -2.17. The van der Waals surface area contributed by atoms with E-state index in [0.29, 0.717) is 5.69 Å². The van der Waals surface area contributed by atoms with Crippen LogP contribution in [0.25, 0.3) is 0 Å². The Morgan fingerprint density at radius 2 is 2.00 bits per heavy atom. The lowest BCUT2D eigenvalue weighted by Crippen LogP contribution is -2.11. The van der Waals surface area contributed by atoms with E-state index in [0.717, 1.165) is 11.3 Å². The van der Waals surface area contributed by atoms with Crippen molar-refractivity contribution < 1.29 is 14.6 Å². The maximum atomic E-state index is 11.1. The van der Waals surface area contributed by atoms with Crippen LogP contribution in [0.4, 0.5) is 5.69 Å². The molecule has 0 aliphatic rings. The molecule has 5 heteroatoms. The highest BCUT2D eigenvalue weighted by Crippen LogP contribution is 2.23. The first-order valence-electron chi connectivity index (χ1n) is 6.19. The van der Waals surface area contributed by atoms with Crippen LogP contribution >= 0.6 is 0 Å². The summed E-state index contributed by atoms with van der Waals surface area (Å²) in [5.41, 5.74) is 1.75. The maximum absolute atomic E-state index is 11.1. The number of nitrogens with one attached hydrogen (secondary N) is 1. The van der Waals surface area contributed by atoms with Gasteiger partial charge < -0.3 is 15.2 Å². The number of nitrogens with zero attached hydrogens (tertiary/aromatic N) is 1. The third-order valence-corrected chi connectivity index (χ3v) is 3.04. The Morgan fingerprint density at radius 1 is 1.30 bits per heavy atom. The molecule has 1 aromatic heterocycles. The molecule has 2 N–H and O–H groups in total. The molecule has 0 saturated heterocycles. The van der Waals surface area contributed by atoms with Crippen LogP contribution in [-0.4, -0.2) is 23.2 Å². The molecule has 0 bridgehead atoms. The molecule has 104 valence electrons. The molecule has 0 saturated carbocycles. The van der Waals surface area contributed by atoms with Gasteiger partial charge in [0.15, 0.2) is 0 Å². The zero-order valence-electron chi connectivity index (χ0n) is 11.3. The van der Waals surface area contributed by atoms with Gasteiger partial charge in [0.2, 0.25) is 0 Å². The van der Waals surface area contributed by atoms with Crippen LogP contribution in [0.15, 0.2) is 42.7 Å². The zero-order chi connectivity index (χ0) is 14.5. The van der Waals surface area contributed by atoms with Crippen molar-refractivity contribution in [1.29, 1.82) is 0 Å². The lowest BCUT2D eigenvalue weighted by molar-refractivity contribution is 0.0697. The van der Waals surface area contributed by atoms with Gasteiger partial charge in [0, 0.05) is 18.4 Å². The Bertz CT molecular complexity index is 596. The summed E-state index contributed by atoms with van der Waals surface area (Å²) < 4.78 is 5.11. The predicted octanol–water partition coefficient (Wildman–Crippen LogP) is 2.96. The first kappa shape index (κ1) is 13.9. The van der Waals surface area contributed by atoms with Crippen LogP contribution < -0.4 is 10.1 Å². The van der Waals surface area contributed by atoms with Crippen molar-refractivity contribution in [2.75, 3.05) is 12.4 Å². The van der Waals surface area contributed by atoms with E-state index in [1.54, 1.807) is 19.4 Å². The summed E-state index contributed by atoms with van der Waals surface area (Å²) in [7, 11) is 1.62. The molecule has 0 spiro atoms. The number of aromatic nitrogens is 1. The molecule has 1 heterocycles. The minimum absolute atomic E-state index is 0.0265. The number of anilines is 1. The van der Waals surface area contributed by atoms with Crippen LogP contribution in [0.2, 0.25) is 0 Å². The highest BCUT2D eigenvalue weighted by atomic mass is 16.5. The number of rotatable bonds is 5. The van der Waals surface area contributed by atoms with E-state index < -0.39 is 5.97 Å². The van der Waals surface area contributed by atoms with Crippen molar-refractivity contribution in [1.82, 2.24) is 4.98 Å². The summed E-state index contributed by atoms with van der Waals surface area (Å²) in [6, 6.07) is 9.26. The zero-order valence-corrected chi connectivity index (χ0v) is 11.3. The fourth-order valence-electron chi connectivity index (χ4n) is 1.90. The Morgan fingerprint density at radius 3 is 2.60 bits per heavy atom. The van der Waals surface area contributed by atoms with Crippen LogP contribution in [0.5, 0.6) is 5.75 Å². The number of ether oxygens (including phenoxy) is 1. The Balaban J connectivity index is 2.18. The van der Waals surface area contributed by atoms with Crippen molar-refractivity contribution in [3.63, 3.8) is 0 Å². The number of benzene rings is 1. The van der Waals surface area contributed by atoms with Crippen molar-refractivity contribution >= 4 is 11.7 Å². The topological polar surface area (TPSA) is 71.5 Å². The number of aromatic carboxylic acids is 1. The molecule has 2 aromatic rings. The van der Waals surface area contributed by atoms with Crippen molar-refractivity contribution in [3.05, 3.63) is 53.9 Å². The van der Waals surface area contributed by atoms with Gasteiger partial charge in [0.05, 0.1) is 12.8 Å². The molecule has 0 amide bonds. The van der Waals surface area contributed by atoms with E-state index in [9.17, 15) is 4.79 Å². The third kappa shape index (κ3) is 3.06. The standard InChI is InChI=1S/C15H16N2O3/c1-10(11-3-5-12(20-2)6-4-11)17-14-7-8-16-9-13(14)15(18)19/h3-10H,1-2H3,(H,16,17)(H,18,19). The molecule has 0 aliphatic carbocycles. The summed E-state index contributed by atoms with van der Waals surface area (Å²) in [6.45, 7) is 1.97. The highest BCUT2D eigenvalue weighted by molar-refractivity contribution is 5.93. The molecule has 2 rings (SSSR count). The second kappa shape index (κ2) is 6.06. The molecule has 1 aromatic carbocycles. The van der Waals surface area contributed by atoms with E-state index in [1.165, 1.54) is 6.20 Å². The van der Waals surface area contributed by atoms with Gasteiger partial charge in [-0.25, -0.2) is 4.79 Å². The van der Waals surface area contributed by atoms with E-state index in [4.69, 9.17) is 9.84 Å². The van der Waals surface area contributed by atoms with Gasteiger partial charge in [-0.1, -0.05) is 12.1 Å². The summed E-state index contributed by atoms with van der Waals surface area (Å²) in [6.07, 6.45) is 2.90. The van der Waals surface area contributed by atoms with Crippen molar-refractivity contribution in [2.24, 2.45) is 0 Å². The molecular formula is C15H16N2O3. The third-order valence-electron chi connectivity index (χ3n) is 3.04. The first-order valence-corrected chi connectivity index (χ1v) is 6.19. The second-order valence-electron chi connectivity index (χ2n) is 4.37. The summed E-state index contributed by atoms with van der Waals surface area (Å²) in [5.74, 6) is -0.210. The number of pyridine rings is 1. The average Bonchev–Trinajstić information content (AvgIpc) is 2.47. The molecule has 0 aliphatic heterocycles. The largest absolute Gasteiger partial charge is 0.497 e. The molecule has 0 fully saturated rings. The van der Waals surface area contributed by atoms with Gasteiger partial charge in [-0.2, -0.15) is 0 Å². The summed E-state index contributed by atoms with van der Waals surface area (Å²) in [5, 5.41) is 12.3. The molecule has 20 heavy (non-hydrogen) atoms. The average molecular weight is 272 g/mol. The van der Waals surface area contributed by atoms with E-state index in [1.807, 2.05) is 31.2 Å². The first-order chi connectivity index (χ1) is 9.61. The number of hydrogen-bond acceptors (Lipinski definition) is 4. The monoisotopic (exact) mass is 272 g/mol. The summed E-state index contributed by atoms with van der Waals surface area (Å²) >= 11 is 0. The smallest absolute Gasteiger partial charge is 0.339 e. The predicted molar refractivity (Wildman–Crippen MR) is 76.2 cm³/mol. The van der Waals surface area contributed by atoms with Gasteiger partial charge in [-0.05, 0) is 30.7 Å². The van der Waals surface area contributed by atoms with Gasteiger partial charge >= 0.3 is 5.97 Å². The molecule has 1 atom stereocenters. The number of hydrogen-bond donors (Lipinski definition) is 2. The van der Waals surface area contributed by atoms with Crippen LogP contribution in [-0.2, 0) is 0 Å². The van der Waals surface area contributed by atoms with Crippen LogP contribution in [0.1, 0.15) is 28.9 Å². The fraction of sp³-hybridized carbons (Fsp3) is 0.200. The Labute approximate surface area is 117 Å². The molecule has 0 radical (unpaired) electrons. The van der Waals surface area contributed by atoms with Crippen molar-refractivity contribution in [3.8, 4) is 5.75 Å². The number of carboxylic acid groups (broad SMARTS) is 1. The lowest BCUT2D eigenvalue weighted by atomic mass is 10.1. The van der Waals surface area contributed by atoms with Gasteiger partial charge in [0.1, 0.15) is 11.3 Å². The van der Waals surface area contributed by atoms with Gasteiger partial charge in [-0.15, -0.1) is 0 Å². The van der Waals surface area contributed by atoms with Gasteiger partial charge in [0.25, 0.3) is 0 Å². The quantitative estimate of drug-likeness (QED) is 0.875. The Kier molecular flexibility index (Phi) is 4.20. The normalized spacial score (nSPS) is 11.7. The number of carbonyl (C=O) groups is 1. The number of carboxylic acids is 1. The fourth-order valence-corrected chi connectivity index (χ4v) is 1.90. The summed E-state index contributed by atoms with van der Waals surface area (Å²) in [4.78, 5) is 15.0. The SMILES string of the molecule is COc1ccc(C(C)Nc2ccncc2C(=O)O)cc1. The van der Waals surface area contributed by atoms with Crippen LogP contribution in [0.3, 0.4) is 0 Å². The van der Waals surface area contributed by atoms with E-state index in [2.05, 4.69) is 10.3 Å². The minimum Gasteiger partial charge on any atom is -0.497 e. The number of methoxy groups -OCH3 is 1. The second-order valence-corrected chi connectivity index (χ2v) is 4.37. The van der Waals surface area contributed by atoms with E-state index in [-0.39, 0.29) is 11.6 Å². The molecular weight excluding hydrogens is 256 g/mol. The van der Waals surface area contributed by atoms with Gasteiger partial charge in [-0.3, -0.25) is 4.98 Å². The molecule has 5 nitrogen and oxygen atoms in total. The Hall–Kier alpha value is -2.56. The maximum Gasteiger partial charge on any atom is 0.339 e. The van der Waals surface area contributed by atoms with Crippen LogP contribution in [0, 0.1) is 0 Å². The highest BCUT2D eigenvalue weighted by Gasteiger charge is 2.12. The minimum atomic E-state index is -0.998.